The van der Waals surface area contributed by atoms with E-state index in [9.17, 15) is 4.79 Å². The summed E-state index contributed by atoms with van der Waals surface area (Å²) in [6.07, 6.45) is 5.10. The number of rotatable bonds is 1. The molecule has 4 aliphatic heterocycles. The second kappa shape index (κ2) is 7.51. The second-order valence-corrected chi connectivity index (χ2v) is 11.5. The Hall–Kier alpha value is -3.51. The summed E-state index contributed by atoms with van der Waals surface area (Å²) in [5, 5.41) is 2.69. The highest BCUT2D eigenvalue weighted by Crippen LogP contribution is 2.56. The standard InChI is InChI=1S/C31H32N4O2/c1-31-24-17-34-13-11-20-18-7-3-5-9-25(18)32-28(20)27(34)15-22(24)23(30(36)37-2)16-35(31)14-12-21-19-8-4-6-10-26(19)33-29(21)31/h3-10,16,22,24,27,32-33H,11-15,17H2,1-2H3. The number of nitrogens with one attached hydrogen (secondary N) is 2. The van der Waals surface area contributed by atoms with E-state index < -0.39 is 0 Å². The van der Waals surface area contributed by atoms with Gasteiger partial charge in [-0.15, -0.1) is 0 Å². The SMILES string of the molecule is COC(=O)C1=CN2CCc3c([nH]c4ccccc34)C2(C)C2CN3CCc4c([nH]c5ccccc45)C3CC12. The number of carbonyl (C=O) groups excluding carboxylic acids is 1. The number of H-pyrrole nitrogens is 2. The van der Waals surface area contributed by atoms with E-state index in [1.807, 2.05) is 0 Å². The van der Waals surface area contributed by atoms with E-state index in [1.54, 1.807) is 0 Å². The summed E-state index contributed by atoms with van der Waals surface area (Å²) in [6.45, 7) is 5.32. The van der Waals surface area contributed by atoms with Crippen LogP contribution >= 0.6 is 0 Å². The van der Waals surface area contributed by atoms with Crippen molar-refractivity contribution in [2.24, 2.45) is 11.8 Å². The molecule has 1 fully saturated rings. The number of carbonyl (C=O) groups is 1. The number of ether oxygens (including phenoxy) is 1. The second-order valence-electron chi connectivity index (χ2n) is 11.5. The Balaban J connectivity index is 1.28. The van der Waals surface area contributed by atoms with Crippen LogP contribution in [0.3, 0.4) is 0 Å². The largest absolute Gasteiger partial charge is 0.466 e. The molecule has 6 heterocycles. The Morgan fingerprint density at radius 1 is 0.973 bits per heavy atom. The van der Waals surface area contributed by atoms with Crippen molar-refractivity contribution in [3.05, 3.63) is 82.8 Å². The number of benzene rings is 2. The van der Waals surface area contributed by atoms with Crippen molar-refractivity contribution < 1.29 is 9.53 Å². The predicted octanol–water partition coefficient (Wildman–Crippen LogP) is 5.03. The number of hydrogen-bond donors (Lipinski definition) is 2. The zero-order chi connectivity index (χ0) is 24.9. The van der Waals surface area contributed by atoms with E-state index in [-0.39, 0.29) is 29.4 Å². The van der Waals surface area contributed by atoms with Gasteiger partial charge >= 0.3 is 5.97 Å². The van der Waals surface area contributed by atoms with Crippen molar-refractivity contribution in [2.45, 2.75) is 37.8 Å². The zero-order valence-electron chi connectivity index (χ0n) is 21.4. The van der Waals surface area contributed by atoms with Crippen LogP contribution in [-0.4, -0.2) is 52.5 Å². The maximum atomic E-state index is 13.2. The minimum absolute atomic E-state index is 0.129. The quantitative estimate of drug-likeness (QED) is 0.366. The van der Waals surface area contributed by atoms with Gasteiger partial charge in [-0.2, -0.15) is 0 Å². The Kier molecular flexibility index (Phi) is 4.38. The topological polar surface area (TPSA) is 64.4 Å². The van der Waals surface area contributed by atoms with Crippen LogP contribution in [0.1, 0.15) is 41.9 Å². The highest BCUT2D eigenvalue weighted by Gasteiger charge is 2.56. The fourth-order valence-corrected chi connectivity index (χ4v) is 8.23. The minimum Gasteiger partial charge on any atom is -0.466 e. The van der Waals surface area contributed by atoms with Crippen LogP contribution in [0.15, 0.2) is 60.3 Å². The molecule has 0 spiro atoms. The molecule has 6 heteroatoms. The number of methoxy groups -OCH3 is 1. The molecule has 188 valence electrons. The lowest BCUT2D eigenvalue weighted by atomic mass is 9.62. The predicted molar refractivity (Wildman–Crippen MR) is 144 cm³/mol. The van der Waals surface area contributed by atoms with E-state index in [1.165, 1.54) is 51.4 Å². The molecule has 4 aliphatic rings. The van der Waals surface area contributed by atoms with E-state index in [2.05, 4.69) is 81.4 Å². The number of nitrogens with zero attached hydrogens (tertiary/aromatic N) is 2. The average Bonchev–Trinajstić information content (AvgIpc) is 3.51. The number of hydrogen-bond acceptors (Lipinski definition) is 4. The van der Waals surface area contributed by atoms with Gasteiger partial charge < -0.3 is 19.6 Å². The lowest BCUT2D eigenvalue weighted by Gasteiger charge is -2.59. The molecule has 0 bridgehead atoms. The average molecular weight is 493 g/mol. The summed E-state index contributed by atoms with van der Waals surface area (Å²) in [4.78, 5) is 25.9. The van der Waals surface area contributed by atoms with Gasteiger partial charge in [0.15, 0.2) is 0 Å². The first-order chi connectivity index (χ1) is 18.1. The highest BCUT2D eigenvalue weighted by atomic mass is 16.5. The molecule has 4 unspecified atom stereocenters. The number of aromatic nitrogens is 2. The Bertz CT molecular complexity index is 1610. The van der Waals surface area contributed by atoms with Crippen molar-refractivity contribution in [1.82, 2.24) is 19.8 Å². The number of fused-ring (bicyclic) bond motifs is 12. The van der Waals surface area contributed by atoms with Crippen molar-refractivity contribution in [2.75, 3.05) is 26.7 Å². The van der Waals surface area contributed by atoms with Gasteiger partial charge in [-0.05, 0) is 49.4 Å². The van der Waals surface area contributed by atoms with Gasteiger partial charge in [0, 0.05) is 70.9 Å². The minimum atomic E-state index is -0.208. The van der Waals surface area contributed by atoms with Gasteiger partial charge in [0.1, 0.15) is 0 Å². The third kappa shape index (κ3) is 2.77. The molecule has 2 aromatic carbocycles. The molecule has 0 radical (unpaired) electrons. The van der Waals surface area contributed by atoms with Crippen LogP contribution in [0, 0.1) is 11.8 Å². The molecule has 0 amide bonds. The molecule has 4 aromatic rings. The maximum Gasteiger partial charge on any atom is 0.335 e. The van der Waals surface area contributed by atoms with Crippen LogP contribution in [0.2, 0.25) is 0 Å². The van der Waals surface area contributed by atoms with Crippen LogP contribution in [0.25, 0.3) is 21.8 Å². The maximum absolute atomic E-state index is 13.2. The van der Waals surface area contributed by atoms with Crippen LogP contribution in [0.4, 0.5) is 0 Å². The van der Waals surface area contributed by atoms with E-state index in [0.717, 1.165) is 44.5 Å². The highest BCUT2D eigenvalue weighted by molar-refractivity contribution is 5.90. The molecule has 1 saturated heterocycles. The molecule has 0 aliphatic carbocycles. The third-order valence-electron chi connectivity index (χ3n) is 10.0. The molecule has 37 heavy (non-hydrogen) atoms. The molecular weight excluding hydrogens is 460 g/mol. The summed E-state index contributed by atoms with van der Waals surface area (Å²) in [6, 6.07) is 17.6. The Labute approximate surface area is 216 Å². The van der Waals surface area contributed by atoms with Gasteiger partial charge in [0.25, 0.3) is 0 Å². The fourth-order valence-electron chi connectivity index (χ4n) is 8.23. The Morgan fingerprint density at radius 3 is 2.46 bits per heavy atom. The summed E-state index contributed by atoms with van der Waals surface area (Å²) < 4.78 is 5.36. The third-order valence-corrected chi connectivity index (χ3v) is 10.0. The summed E-state index contributed by atoms with van der Waals surface area (Å²) in [5.74, 6) is 0.228. The van der Waals surface area contributed by atoms with Crippen molar-refractivity contribution in [1.29, 1.82) is 0 Å². The van der Waals surface area contributed by atoms with Crippen molar-refractivity contribution in [3.63, 3.8) is 0 Å². The molecule has 0 saturated carbocycles. The summed E-state index contributed by atoms with van der Waals surface area (Å²) in [7, 11) is 1.52. The van der Waals surface area contributed by atoms with Gasteiger partial charge in [-0.25, -0.2) is 4.79 Å². The molecule has 2 N–H and O–H groups in total. The van der Waals surface area contributed by atoms with Gasteiger partial charge in [0.05, 0.1) is 24.3 Å². The molecule has 4 atom stereocenters. The van der Waals surface area contributed by atoms with Crippen LogP contribution < -0.4 is 0 Å². The van der Waals surface area contributed by atoms with E-state index in [0.29, 0.717) is 0 Å². The van der Waals surface area contributed by atoms with E-state index >= 15 is 0 Å². The van der Waals surface area contributed by atoms with Crippen molar-refractivity contribution >= 4 is 27.8 Å². The van der Waals surface area contributed by atoms with Gasteiger partial charge in [-0.3, -0.25) is 4.90 Å². The first kappa shape index (κ1) is 21.6. The lowest BCUT2D eigenvalue weighted by molar-refractivity contribution is -0.139. The fraction of sp³-hybridized carbons (Fsp3) is 0.387. The molecular formula is C31H32N4O2. The molecule has 2 aromatic heterocycles. The number of para-hydroxylation sites is 2. The summed E-state index contributed by atoms with van der Waals surface area (Å²) >= 11 is 0. The lowest BCUT2D eigenvalue weighted by Crippen LogP contribution is -2.62. The molecule has 6 nitrogen and oxygen atoms in total. The Morgan fingerprint density at radius 2 is 1.68 bits per heavy atom. The zero-order valence-corrected chi connectivity index (χ0v) is 21.4. The van der Waals surface area contributed by atoms with Crippen LogP contribution in [-0.2, 0) is 27.9 Å². The van der Waals surface area contributed by atoms with Gasteiger partial charge in [-0.1, -0.05) is 36.4 Å². The first-order valence-electron chi connectivity index (χ1n) is 13.6. The van der Waals surface area contributed by atoms with Gasteiger partial charge in [0.2, 0.25) is 0 Å². The summed E-state index contributed by atoms with van der Waals surface area (Å²) in [5.41, 5.74) is 8.64. The monoisotopic (exact) mass is 492 g/mol. The smallest absolute Gasteiger partial charge is 0.335 e. The number of piperidine rings is 1. The number of esters is 1. The normalized spacial score (nSPS) is 28.6. The van der Waals surface area contributed by atoms with Crippen LogP contribution in [0.5, 0.6) is 0 Å². The molecule has 8 rings (SSSR count). The first-order valence-corrected chi connectivity index (χ1v) is 13.6. The van der Waals surface area contributed by atoms with Crippen molar-refractivity contribution in [3.8, 4) is 0 Å². The number of aromatic amines is 2. The van der Waals surface area contributed by atoms with E-state index in [4.69, 9.17) is 4.74 Å².